The molecular formula is C23H26O3. The molecular weight excluding hydrogens is 324 g/mol. The summed E-state index contributed by atoms with van der Waals surface area (Å²) in [6.07, 6.45) is 1.76. The maximum Gasteiger partial charge on any atom is 0.136 e. The molecule has 0 N–H and O–H groups in total. The monoisotopic (exact) mass is 350 g/mol. The third kappa shape index (κ3) is 3.89. The van der Waals surface area contributed by atoms with Crippen LogP contribution in [0.3, 0.4) is 0 Å². The van der Waals surface area contributed by atoms with Gasteiger partial charge in [-0.1, -0.05) is 60.7 Å². The van der Waals surface area contributed by atoms with E-state index in [1.165, 1.54) is 11.1 Å². The number of carbonyl (C=O) groups excluding carboxylic acids is 1. The van der Waals surface area contributed by atoms with Gasteiger partial charge in [0, 0.05) is 12.3 Å². The highest BCUT2D eigenvalue weighted by Crippen LogP contribution is 2.50. The smallest absolute Gasteiger partial charge is 0.136 e. The van der Waals surface area contributed by atoms with E-state index >= 15 is 0 Å². The lowest BCUT2D eigenvalue weighted by Gasteiger charge is -2.30. The van der Waals surface area contributed by atoms with E-state index in [1.54, 1.807) is 0 Å². The largest absolute Gasteiger partial charge is 0.376 e. The van der Waals surface area contributed by atoms with E-state index in [-0.39, 0.29) is 5.92 Å². The predicted octanol–water partition coefficient (Wildman–Crippen LogP) is 4.26. The molecule has 3 heteroatoms. The Bertz CT molecular complexity index is 713. The zero-order valence-corrected chi connectivity index (χ0v) is 15.1. The molecule has 2 aliphatic rings. The maximum atomic E-state index is 12.2. The lowest BCUT2D eigenvalue weighted by Crippen LogP contribution is -2.34. The molecule has 2 fully saturated rings. The highest BCUT2D eigenvalue weighted by Gasteiger charge is 2.52. The second kappa shape index (κ2) is 8.15. The van der Waals surface area contributed by atoms with Crippen molar-refractivity contribution in [2.45, 2.75) is 26.1 Å². The van der Waals surface area contributed by atoms with E-state index < -0.39 is 0 Å². The van der Waals surface area contributed by atoms with E-state index in [9.17, 15) is 4.79 Å². The Kier molecular flexibility index (Phi) is 5.47. The summed E-state index contributed by atoms with van der Waals surface area (Å²) in [7, 11) is 0. The Balaban J connectivity index is 1.31. The first kappa shape index (κ1) is 17.4. The average molecular weight is 350 g/mol. The Hall–Kier alpha value is -1.97. The molecule has 4 rings (SSSR count). The minimum atomic E-state index is 0.182. The summed E-state index contributed by atoms with van der Waals surface area (Å²) in [5.74, 6) is 1.84. The van der Waals surface area contributed by atoms with Crippen LogP contribution in [-0.4, -0.2) is 19.0 Å². The number of rotatable bonds is 8. The Morgan fingerprint density at radius 3 is 1.88 bits per heavy atom. The van der Waals surface area contributed by atoms with Crippen LogP contribution < -0.4 is 0 Å². The van der Waals surface area contributed by atoms with Gasteiger partial charge in [0.15, 0.2) is 0 Å². The van der Waals surface area contributed by atoms with Crippen LogP contribution in [0.2, 0.25) is 0 Å². The molecule has 2 saturated carbocycles. The molecule has 0 aliphatic heterocycles. The fourth-order valence-corrected chi connectivity index (χ4v) is 4.61. The maximum absolute atomic E-state index is 12.2. The van der Waals surface area contributed by atoms with Crippen molar-refractivity contribution in [3.8, 4) is 0 Å². The fourth-order valence-electron chi connectivity index (χ4n) is 4.61. The Labute approximate surface area is 155 Å². The summed E-state index contributed by atoms with van der Waals surface area (Å²) in [6, 6.07) is 20.5. The van der Waals surface area contributed by atoms with Crippen LogP contribution in [0.5, 0.6) is 0 Å². The number of ketones is 1. The SMILES string of the molecule is O=C1C[C@H]2C[C@@H]1[C@@H](COCc1ccccc1)[C@H]2COCc1ccccc1. The molecule has 0 radical (unpaired) electrons. The Morgan fingerprint density at radius 2 is 1.31 bits per heavy atom. The van der Waals surface area contributed by atoms with Gasteiger partial charge in [0.2, 0.25) is 0 Å². The van der Waals surface area contributed by atoms with Crippen molar-refractivity contribution < 1.29 is 14.3 Å². The molecule has 4 atom stereocenters. The number of hydrogen-bond acceptors (Lipinski definition) is 3. The highest BCUT2D eigenvalue weighted by molar-refractivity contribution is 5.84. The number of benzene rings is 2. The summed E-state index contributed by atoms with van der Waals surface area (Å²) in [5.41, 5.74) is 2.38. The van der Waals surface area contributed by atoms with Crippen molar-refractivity contribution in [3.05, 3.63) is 71.8 Å². The molecule has 3 nitrogen and oxygen atoms in total. The van der Waals surface area contributed by atoms with Crippen molar-refractivity contribution in [3.63, 3.8) is 0 Å². The molecule has 26 heavy (non-hydrogen) atoms. The predicted molar refractivity (Wildman–Crippen MR) is 100 cm³/mol. The minimum absolute atomic E-state index is 0.182. The summed E-state index contributed by atoms with van der Waals surface area (Å²) in [6.45, 7) is 2.63. The van der Waals surface area contributed by atoms with Crippen LogP contribution in [0.15, 0.2) is 60.7 Å². The molecule has 2 aromatic carbocycles. The second-order valence-electron chi connectivity index (χ2n) is 7.60. The molecule has 0 amide bonds. The van der Waals surface area contributed by atoms with Gasteiger partial charge in [-0.15, -0.1) is 0 Å². The first-order valence-electron chi connectivity index (χ1n) is 9.57. The molecule has 0 saturated heterocycles. The number of fused-ring (bicyclic) bond motifs is 2. The lowest BCUT2D eigenvalue weighted by molar-refractivity contribution is -0.126. The fraction of sp³-hybridized carbons (Fsp3) is 0.435. The summed E-state index contributed by atoms with van der Waals surface area (Å²) < 4.78 is 12.0. The summed E-state index contributed by atoms with van der Waals surface area (Å²) in [4.78, 5) is 12.2. The highest BCUT2D eigenvalue weighted by atomic mass is 16.5. The van der Waals surface area contributed by atoms with Crippen LogP contribution in [0, 0.1) is 23.7 Å². The van der Waals surface area contributed by atoms with Gasteiger partial charge in [0.05, 0.1) is 26.4 Å². The normalized spacial score (nSPS) is 27.2. The first-order valence-corrected chi connectivity index (χ1v) is 9.57. The summed E-state index contributed by atoms with van der Waals surface area (Å²) >= 11 is 0. The van der Waals surface area contributed by atoms with Gasteiger partial charge < -0.3 is 9.47 Å². The number of hydrogen-bond donors (Lipinski definition) is 0. The molecule has 136 valence electrons. The third-order valence-electron chi connectivity index (χ3n) is 5.95. The number of ether oxygens (including phenoxy) is 2. The van der Waals surface area contributed by atoms with Crippen molar-refractivity contribution >= 4 is 5.78 Å². The van der Waals surface area contributed by atoms with Crippen molar-refractivity contribution in [2.24, 2.45) is 23.7 Å². The van der Waals surface area contributed by atoms with Gasteiger partial charge in [-0.2, -0.15) is 0 Å². The average Bonchev–Trinajstić information content (AvgIpc) is 3.21. The van der Waals surface area contributed by atoms with Gasteiger partial charge in [0.25, 0.3) is 0 Å². The zero-order chi connectivity index (χ0) is 17.8. The van der Waals surface area contributed by atoms with Crippen LogP contribution in [0.4, 0.5) is 0 Å². The molecule has 2 bridgehead atoms. The Morgan fingerprint density at radius 1 is 0.769 bits per heavy atom. The molecule has 0 heterocycles. The quantitative estimate of drug-likeness (QED) is 0.713. The van der Waals surface area contributed by atoms with E-state index in [0.717, 1.165) is 19.4 Å². The number of Topliss-reactive ketones (excluding diaryl/α,β-unsaturated/α-hetero) is 1. The zero-order valence-electron chi connectivity index (χ0n) is 15.1. The molecule has 2 aromatic rings. The molecule has 2 aliphatic carbocycles. The van der Waals surface area contributed by atoms with Gasteiger partial charge in [-0.3, -0.25) is 4.79 Å². The van der Waals surface area contributed by atoms with Crippen molar-refractivity contribution in [2.75, 3.05) is 13.2 Å². The topological polar surface area (TPSA) is 35.5 Å². The molecule has 0 aromatic heterocycles. The molecule has 0 spiro atoms. The van der Waals surface area contributed by atoms with Crippen molar-refractivity contribution in [1.82, 2.24) is 0 Å². The lowest BCUT2D eigenvalue weighted by atomic mass is 9.79. The van der Waals surface area contributed by atoms with Crippen LogP contribution >= 0.6 is 0 Å². The van der Waals surface area contributed by atoms with Gasteiger partial charge >= 0.3 is 0 Å². The summed E-state index contributed by atoms with van der Waals surface area (Å²) in [5, 5.41) is 0. The van der Waals surface area contributed by atoms with Crippen LogP contribution in [0.25, 0.3) is 0 Å². The van der Waals surface area contributed by atoms with Crippen molar-refractivity contribution in [1.29, 1.82) is 0 Å². The van der Waals surface area contributed by atoms with Gasteiger partial charge in [0.1, 0.15) is 5.78 Å². The van der Waals surface area contributed by atoms with Crippen LogP contribution in [-0.2, 0) is 27.5 Å². The van der Waals surface area contributed by atoms with Gasteiger partial charge in [-0.05, 0) is 35.3 Å². The molecule has 0 unspecified atom stereocenters. The first-order chi connectivity index (χ1) is 12.8. The van der Waals surface area contributed by atoms with E-state index in [4.69, 9.17) is 9.47 Å². The third-order valence-corrected chi connectivity index (χ3v) is 5.95. The second-order valence-corrected chi connectivity index (χ2v) is 7.60. The van der Waals surface area contributed by atoms with E-state index in [0.29, 0.717) is 43.4 Å². The standard InChI is InChI=1S/C23H26O3/c24-23-12-19-11-20(23)22(16-26-14-18-9-5-2-6-10-18)21(19)15-25-13-17-7-3-1-4-8-17/h1-10,19-22H,11-16H2/t19-,20-,21+,22-/m1/s1. The van der Waals surface area contributed by atoms with Gasteiger partial charge in [-0.25, -0.2) is 0 Å². The van der Waals surface area contributed by atoms with E-state index in [2.05, 4.69) is 24.3 Å². The minimum Gasteiger partial charge on any atom is -0.376 e. The number of carbonyl (C=O) groups is 1. The van der Waals surface area contributed by atoms with Crippen LogP contribution in [0.1, 0.15) is 24.0 Å². The van der Waals surface area contributed by atoms with E-state index in [1.807, 2.05) is 36.4 Å².